The lowest BCUT2D eigenvalue weighted by molar-refractivity contribution is 0.395. The van der Waals surface area contributed by atoms with Gasteiger partial charge in [-0.25, -0.2) is 0 Å². The molecule has 0 amide bonds. The highest BCUT2D eigenvalue weighted by atomic mass is 16.5. The molecule has 1 saturated carbocycles. The van der Waals surface area contributed by atoms with Crippen molar-refractivity contribution in [2.24, 2.45) is 5.41 Å². The third kappa shape index (κ3) is 0.912. The van der Waals surface area contributed by atoms with Gasteiger partial charge in [0.05, 0.1) is 12.8 Å². The van der Waals surface area contributed by atoms with Crippen molar-refractivity contribution in [1.29, 1.82) is 0 Å². The van der Waals surface area contributed by atoms with E-state index in [-0.39, 0.29) is 0 Å². The van der Waals surface area contributed by atoms with Crippen molar-refractivity contribution >= 4 is 5.69 Å². The number of ether oxygens (including phenoxy) is 1. The van der Waals surface area contributed by atoms with Crippen molar-refractivity contribution in [1.82, 2.24) is 0 Å². The minimum absolute atomic E-state index is 0.626. The van der Waals surface area contributed by atoms with Gasteiger partial charge in [-0.15, -0.1) is 0 Å². The Bertz CT molecular complexity index is 376. The van der Waals surface area contributed by atoms with Gasteiger partial charge in [-0.05, 0) is 18.6 Å². The first kappa shape index (κ1) is 8.16. The minimum Gasteiger partial charge on any atom is -0.495 e. The van der Waals surface area contributed by atoms with Crippen LogP contribution in [0.3, 0.4) is 0 Å². The summed E-state index contributed by atoms with van der Waals surface area (Å²) in [6.45, 7) is 3.56. The molecular weight excluding hydrogens is 174 g/mol. The smallest absolute Gasteiger partial charge is 0.142 e. The van der Waals surface area contributed by atoms with Gasteiger partial charge in [0.1, 0.15) is 5.75 Å². The summed E-state index contributed by atoms with van der Waals surface area (Å²) >= 11 is 0. The van der Waals surface area contributed by atoms with Gasteiger partial charge in [0.15, 0.2) is 0 Å². The zero-order valence-corrected chi connectivity index (χ0v) is 8.66. The second kappa shape index (κ2) is 2.44. The van der Waals surface area contributed by atoms with Crippen molar-refractivity contribution in [2.75, 3.05) is 18.6 Å². The lowest BCUT2D eigenvalue weighted by Crippen LogP contribution is -2.45. The highest BCUT2D eigenvalue weighted by molar-refractivity contribution is 5.64. The predicted molar refractivity (Wildman–Crippen MR) is 56.9 cm³/mol. The van der Waals surface area contributed by atoms with Crippen LogP contribution in [0.25, 0.3) is 0 Å². The second-order valence-electron chi connectivity index (χ2n) is 4.67. The number of anilines is 1. The third-order valence-electron chi connectivity index (χ3n) is 3.61. The number of benzene rings is 1. The lowest BCUT2D eigenvalue weighted by Gasteiger charge is -2.39. The average molecular weight is 189 g/mol. The maximum atomic E-state index is 5.36. The summed E-state index contributed by atoms with van der Waals surface area (Å²) in [7, 11) is 1.74. The lowest BCUT2D eigenvalue weighted by atomic mass is 10.00. The molecule has 1 aliphatic carbocycles. The van der Waals surface area contributed by atoms with Crippen molar-refractivity contribution in [2.45, 2.75) is 19.4 Å². The summed E-state index contributed by atoms with van der Waals surface area (Å²) in [4.78, 5) is 2.46. The van der Waals surface area contributed by atoms with Gasteiger partial charge in [0.25, 0.3) is 0 Å². The topological polar surface area (TPSA) is 12.5 Å². The zero-order chi connectivity index (χ0) is 9.76. The van der Waals surface area contributed by atoms with Gasteiger partial charge in [-0.2, -0.15) is 0 Å². The number of rotatable bonds is 2. The second-order valence-corrected chi connectivity index (χ2v) is 4.67. The number of para-hydroxylation sites is 2. The van der Waals surface area contributed by atoms with Crippen LogP contribution in [0.15, 0.2) is 24.3 Å². The van der Waals surface area contributed by atoms with Crippen molar-refractivity contribution in [3.8, 4) is 5.75 Å². The fourth-order valence-electron chi connectivity index (χ4n) is 2.55. The van der Waals surface area contributed by atoms with Crippen molar-refractivity contribution < 1.29 is 4.74 Å². The molecule has 3 rings (SSSR count). The zero-order valence-electron chi connectivity index (χ0n) is 8.66. The summed E-state index contributed by atoms with van der Waals surface area (Å²) < 4.78 is 5.36. The summed E-state index contributed by atoms with van der Waals surface area (Å²) in [5, 5.41) is 0. The highest BCUT2D eigenvalue weighted by Crippen LogP contribution is 2.60. The van der Waals surface area contributed by atoms with Crippen LogP contribution in [0.2, 0.25) is 0 Å². The number of fused-ring (bicyclic) bond motifs is 1. The molecule has 1 heterocycles. The quantitative estimate of drug-likeness (QED) is 0.707. The number of hydrogen-bond acceptors (Lipinski definition) is 2. The summed E-state index contributed by atoms with van der Waals surface area (Å²) in [5.74, 6) is 1.00. The van der Waals surface area contributed by atoms with E-state index in [4.69, 9.17) is 4.74 Å². The molecule has 2 heteroatoms. The minimum atomic E-state index is 0.626. The van der Waals surface area contributed by atoms with E-state index in [1.165, 1.54) is 18.7 Å². The molecule has 1 aromatic rings. The van der Waals surface area contributed by atoms with Crippen LogP contribution >= 0.6 is 0 Å². The molecule has 0 aromatic heterocycles. The van der Waals surface area contributed by atoms with Crippen LogP contribution in [-0.4, -0.2) is 19.7 Å². The van der Waals surface area contributed by atoms with E-state index >= 15 is 0 Å². The van der Waals surface area contributed by atoms with Gasteiger partial charge >= 0.3 is 0 Å². The van der Waals surface area contributed by atoms with Gasteiger partial charge in [0, 0.05) is 18.0 Å². The van der Waals surface area contributed by atoms with E-state index in [9.17, 15) is 0 Å². The van der Waals surface area contributed by atoms with Gasteiger partial charge in [0.2, 0.25) is 0 Å². The van der Waals surface area contributed by atoms with E-state index < -0.39 is 0 Å². The molecule has 0 spiro atoms. The first-order chi connectivity index (χ1) is 6.74. The Morgan fingerprint density at radius 1 is 1.43 bits per heavy atom. The Morgan fingerprint density at radius 3 is 2.79 bits per heavy atom. The molecular formula is C12H15NO. The van der Waals surface area contributed by atoms with E-state index in [1.54, 1.807) is 7.11 Å². The Labute approximate surface area is 84.5 Å². The SMILES string of the molecule is COc1ccccc1N1C[C@]2(C)C[C@H]12. The van der Waals surface area contributed by atoms with E-state index in [0.717, 1.165) is 11.8 Å². The maximum absolute atomic E-state index is 5.36. The highest BCUT2D eigenvalue weighted by Gasteiger charge is 2.63. The Hall–Kier alpha value is -1.18. The molecule has 14 heavy (non-hydrogen) atoms. The largest absolute Gasteiger partial charge is 0.495 e. The molecule has 1 aliphatic heterocycles. The van der Waals surface area contributed by atoms with Crippen molar-refractivity contribution in [3.05, 3.63) is 24.3 Å². The molecule has 2 aliphatic rings. The molecule has 0 unspecified atom stereocenters. The van der Waals surface area contributed by atoms with E-state index in [0.29, 0.717) is 5.41 Å². The first-order valence-corrected chi connectivity index (χ1v) is 5.14. The van der Waals surface area contributed by atoms with Crippen LogP contribution in [-0.2, 0) is 0 Å². The molecule has 2 atom stereocenters. The molecule has 0 radical (unpaired) electrons. The van der Waals surface area contributed by atoms with Crippen LogP contribution in [0.5, 0.6) is 5.75 Å². The van der Waals surface area contributed by atoms with E-state index in [2.05, 4.69) is 24.0 Å². The summed E-state index contributed by atoms with van der Waals surface area (Å²) in [6.07, 6.45) is 1.35. The van der Waals surface area contributed by atoms with Crippen LogP contribution in [0.1, 0.15) is 13.3 Å². The standard InChI is InChI=1S/C12H15NO/c1-12-7-11(12)13(8-12)9-5-3-4-6-10(9)14-2/h3-6,11H,7-8H2,1-2H3/t11-,12-/m0/s1. The molecule has 2 fully saturated rings. The normalized spacial score (nSPS) is 33.3. The Kier molecular flexibility index (Phi) is 1.42. The van der Waals surface area contributed by atoms with Crippen LogP contribution < -0.4 is 9.64 Å². The molecule has 74 valence electrons. The molecule has 2 nitrogen and oxygen atoms in total. The Morgan fingerprint density at radius 2 is 2.21 bits per heavy atom. The van der Waals surface area contributed by atoms with E-state index in [1.807, 2.05) is 12.1 Å². The number of hydrogen-bond donors (Lipinski definition) is 0. The average Bonchev–Trinajstić information content (AvgIpc) is 2.73. The number of methoxy groups -OCH3 is 1. The van der Waals surface area contributed by atoms with Gasteiger partial charge < -0.3 is 9.64 Å². The molecule has 1 aromatic carbocycles. The van der Waals surface area contributed by atoms with Crippen molar-refractivity contribution in [3.63, 3.8) is 0 Å². The monoisotopic (exact) mass is 189 g/mol. The van der Waals surface area contributed by atoms with Crippen LogP contribution in [0.4, 0.5) is 5.69 Å². The third-order valence-corrected chi connectivity index (χ3v) is 3.61. The number of nitrogens with zero attached hydrogens (tertiary/aromatic N) is 1. The van der Waals surface area contributed by atoms with Gasteiger partial charge in [-0.1, -0.05) is 19.1 Å². The molecule has 0 N–H and O–H groups in total. The Balaban J connectivity index is 1.90. The molecule has 1 saturated heterocycles. The van der Waals surface area contributed by atoms with Crippen LogP contribution in [0, 0.1) is 5.41 Å². The summed E-state index contributed by atoms with van der Waals surface area (Å²) in [6, 6.07) is 9.06. The van der Waals surface area contributed by atoms with Gasteiger partial charge in [-0.3, -0.25) is 0 Å². The molecule has 0 bridgehead atoms. The summed E-state index contributed by atoms with van der Waals surface area (Å²) in [5.41, 5.74) is 1.89. The fraction of sp³-hybridized carbons (Fsp3) is 0.500. The predicted octanol–water partition coefficient (Wildman–Crippen LogP) is 2.29. The maximum Gasteiger partial charge on any atom is 0.142 e. The fourth-order valence-corrected chi connectivity index (χ4v) is 2.55. The first-order valence-electron chi connectivity index (χ1n) is 5.14.